The highest BCUT2D eigenvalue weighted by Crippen LogP contribution is 2.44. The number of benzene rings is 5. The Hall–Kier alpha value is -3.36. The summed E-state index contributed by atoms with van der Waals surface area (Å²) >= 11 is 0. The van der Waals surface area contributed by atoms with Crippen LogP contribution in [0, 0.1) is 11.3 Å². The van der Waals surface area contributed by atoms with E-state index in [0.717, 1.165) is 11.1 Å². The molecule has 0 heterocycles. The van der Waals surface area contributed by atoms with E-state index in [0.29, 0.717) is 18.4 Å². The Kier molecular flexibility index (Phi) is 6.96. The van der Waals surface area contributed by atoms with Gasteiger partial charge in [0.1, 0.15) is 5.75 Å². The molecule has 0 amide bonds. The first-order valence-electron chi connectivity index (χ1n) is 13.4. The molecular formula is C35H38O2. The van der Waals surface area contributed by atoms with Crippen molar-refractivity contribution in [1.82, 2.24) is 0 Å². The standard InChI is InChI=1S/C35H38O2/c1-23(2)34(35(4,5)6)31-19-11-18-30-29(31)17-12-20-33(30)37-24(3)36-22-32-27-15-9-7-13-25(27)21-26-14-8-10-16-28(26)32/h7-21,23-24,34H,22H2,1-6H3. The van der Waals surface area contributed by atoms with Crippen LogP contribution in [0.2, 0.25) is 0 Å². The monoisotopic (exact) mass is 490 g/mol. The lowest BCUT2D eigenvalue weighted by Gasteiger charge is -2.35. The largest absolute Gasteiger partial charge is 0.465 e. The molecule has 5 aromatic rings. The average Bonchev–Trinajstić information content (AvgIpc) is 2.86. The molecule has 0 aromatic heterocycles. The van der Waals surface area contributed by atoms with Crippen molar-refractivity contribution >= 4 is 32.3 Å². The first-order valence-corrected chi connectivity index (χ1v) is 13.4. The minimum absolute atomic E-state index is 0.164. The average molecular weight is 491 g/mol. The normalized spacial score (nSPS) is 13.9. The quantitative estimate of drug-likeness (QED) is 0.167. The molecule has 0 bridgehead atoms. The van der Waals surface area contributed by atoms with Crippen molar-refractivity contribution < 1.29 is 9.47 Å². The molecule has 0 N–H and O–H groups in total. The highest BCUT2D eigenvalue weighted by Gasteiger charge is 2.30. The molecule has 2 atom stereocenters. The summed E-state index contributed by atoms with van der Waals surface area (Å²) in [7, 11) is 0. The summed E-state index contributed by atoms with van der Waals surface area (Å²) in [5.74, 6) is 1.85. The number of fused-ring (bicyclic) bond motifs is 3. The van der Waals surface area contributed by atoms with E-state index >= 15 is 0 Å². The van der Waals surface area contributed by atoms with Gasteiger partial charge < -0.3 is 9.47 Å². The number of ether oxygens (including phenoxy) is 2. The van der Waals surface area contributed by atoms with Gasteiger partial charge in [0.25, 0.3) is 0 Å². The fourth-order valence-corrected chi connectivity index (χ4v) is 6.18. The molecular weight excluding hydrogens is 452 g/mol. The maximum atomic E-state index is 6.43. The van der Waals surface area contributed by atoms with Crippen LogP contribution >= 0.6 is 0 Å². The highest BCUT2D eigenvalue weighted by molar-refractivity contribution is 6.02. The molecule has 0 saturated heterocycles. The fraction of sp³-hybridized carbons (Fsp3) is 0.314. The molecule has 5 aromatic carbocycles. The molecule has 0 fully saturated rings. The van der Waals surface area contributed by atoms with Crippen molar-refractivity contribution in [3.8, 4) is 5.75 Å². The van der Waals surface area contributed by atoms with Crippen molar-refractivity contribution in [3.05, 3.63) is 102 Å². The zero-order valence-electron chi connectivity index (χ0n) is 22.9. The zero-order valence-corrected chi connectivity index (χ0v) is 22.9. The van der Waals surface area contributed by atoms with Gasteiger partial charge in [0, 0.05) is 5.39 Å². The van der Waals surface area contributed by atoms with E-state index in [2.05, 4.69) is 126 Å². The lowest BCUT2D eigenvalue weighted by atomic mass is 9.69. The second-order valence-electron chi connectivity index (χ2n) is 11.6. The van der Waals surface area contributed by atoms with Crippen LogP contribution in [0.3, 0.4) is 0 Å². The fourth-order valence-electron chi connectivity index (χ4n) is 6.18. The van der Waals surface area contributed by atoms with Gasteiger partial charge in [0.2, 0.25) is 0 Å². The van der Waals surface area contributed by atoms with Crippen LogP contribution in [0.5, 0.6) is 5.75 Å². The van der Waals surface area contributed by atoms with Crippen LogP contribution in [0.15, 0.2) is 91.0 Å². The van der Waals surface area contributed by atoms with E-state index in [1.165, 1.54) is 38.1 Å². The molecule has 0 aliphatic carbocycles. The summed E-state index contributed by atoms with van der Waals surface area (Å²) in [6, 6.07) is 32.3. The van der Waals surface area contributed by atoms with Crippen molar-refractivity contribution in [2.75, 3.05) is 0 Å². The predicted molar refractivity (Wildman–Crippen MR) is 157 cm³/mol. The zero-order chi connectivity index (χ0) is 26.2. The molecule has 190 valence electrons. The minimum Gasteiger partial charge on any atom is -0.465 e. The number of hydrogen-bond donors (Lipinski definition) is 0. The first kappa shape index (κ1) is 25.3. The minimum atomic E-state index is -0.393. The van der Waals surface area contributed by atoms with Crippen LogP contribution in [-0.2, 0) is 11.3 Å². The van der Waals surface area contributed by atoms with Crippen LogP contribution < -0.4 is 4.74 Å². The van der Waals surface area contributed by atoms with Crippen molar-refractivity contribution in [3.63, 3.8) is 0 Å². The Balaban J connectivity index is 1.44. The van der Waals surface area contributed by atoms with Crippen LogP contribution in [0.1, 0.15) is 58.6 Å². The molecule has 0 spiro atoms. The van der Waals surface area contributed by atoms with E-state index in [9.17, 15) is 0 Å². The van der Waals surface area contributed by atoms with Gasteiger partial charge in [0.05, 0.1) is 6.61 Å². The summed E-state index contributed by atoms with van der Waals surface area (Å²) in [5.41, 5.74) is 2.76. The SMILES string of the molecule is CC(OCc1c2ccccc2cc2ccccc12)Oc1cccc2c(C(C(C)C)C(C)(C)C)cccc12. The van der Waals surface area contributed by atoms with E-state index in [1.807, 2.05) is 6.92 Å². The second-order valence-corrected chi connectivity index (χ2v) is 11.6. The number of rotatable bonds is 7. The second kappa shape index (κ2) is 10.2. The molecule has 0 radical (unpaired) electrons. The Morgan fingerprint density at radius 1 is 0.649 bits per heavy atom. The van der Waals surface area contributed by atoms with Gasteiger partial charge in [-0.25, -0.2) is 0 Å². The van der Waals surface area contributed by atoms with Gasteiger partial charge in [-0.2, -0.15) is 0 Å². The van der Waals surface area contributed by atoms with Crippen LogP contribution in [-0.4, -0.2) is 6.29 Å². The van der Waals surface area contributed by atoms with Crippen molar-refractivity contribution in [2.45, 2.75) is 60.4 Å². The Morgan fingerprint density at radius 2 is 1.22 bits per heavy atom. The van der Waals surface area contributed by atoms with Crippen LogP contribution in [0.25, 0.3) is 32.3 Å². The summed E-state index contributed by atoms with van der Waals surface area (Å²) < 4.78 is 12.8. The Labute approximate surface area is 221 Å². The molecule has 2 nitrogen and oxygen atoms in total. The topological polar surface area (TPSA) is 18.5 Å². The van der Waals surface area contributed by atoms with E-state index in [4.69, 9.17) is 9.47 Å². The molecule has 0 saturated carbocycles. The van der Waals surface area contributed by atoms with E-state index < -0.39 is 6.29 Å². The molecule has 2 unspecified atom stereocenters. The number of hydrogen-bond acceptors (Lipinski definition) is 2. The molecule has 37 heavy (non-hydrogen) atoms. The maximum absolute atomic E-state index is 6.43. The summed E-state index contributed by atoms with van der Waals surface area (Å²) in [6.45, 7) is 14.1. The molecule has 0 aliphatic heterocycles. The smallest absolute Gasteiger partial charge is 0.197 e. The third kappa shape index (κ3) is 5.08. The van der Waals surface area contributed by atoms with E-state index in [1.54, 1.807) is 0 Å². The van der Waals surface area contributed by atoms with Crippen LogP contribution in [0.4, 0.5) is 0 Å². The molecule has 0 aliphatic rings. The predicted octanol–water partition coefficient (Wildman–Crippen LogP) is 9.87. The lowest BCUT2D eigenvalue weighted by molar-refractivity contribution is -0.0744. The van der Waals surface area contributed by atoms with Crippen molar-refractivity contribution in [1.29, 1.82) is 0 Å². The van der Waals surface area contributed by atoms with Crippen molar-refractivity contribution in [2.24, 2.45) is 11.3 Å². The molecule has 2 heteroatoms. The molecule has 5 rings (SSSR count). The first-order chi connectivity index (χ1) is 17.7. The highest BCUT2D eigenvalue weighted by atomic mass is 16.7. The summed E-state index contributed by atoms with van der Waals surface area (Å²) in [5, 5.41) is 7.32. The Morgan fingerprint density at radius 3 is 1.84 bits per heavy atom. The van der Waals surface area contributed by atoms with Gasteiger partial charge in [-0.05, 0) is 74.4 Å². The van der Waals surface area contributed by atoms with Gasteiger partial charge in [-0.1, -0.05) is 113 Å². The summed E-state index contributed by atoms with van der Waals surface area (Å²) in [6.07, 6.45) is -0.393. The summed E-state index contributed by atoms with van der Waals surface area (Å²) in [4.78, 5) is 0. The maximum Gasteiger partial charge on any atom is 0.197 e. The third-order valence-electron chi connectivity index (χ3n) is 7.49. The van der Waals surface area contributed by atoms with Gasteiger partial charge in [-0.3, -0.25) is 0 Å². The van der Waals surface area contributed by atoms with Gasteiger partial charge in [0.15, 0.2) is 6.29 Å². The lowest BCUT2D eigenvalue weighted by Crippen LogP contribution is -2.23. The third-order valence-corrected chi connectivity index (χ3v) is 7.49. The van der Waals surface area contributed by atoms with Gasteiger partial charge in [-0.15, -0.1) is 0 Å². The van der Waals surface area contributed by atoms with Gasteiger partial charge >= 0.3 is 0 Å². The van der Waals surface area contributed by atoms with E-state index in [-0.39, 0.29) is 5.41 Å². The Bertz CT molecular complexity index is 1490.